The zero-order valence-corrected chi connectivity index (χ0v) is 12.0. The molecule has 0 aliphatic heterocycles. The van der Waals surface area contributed by atoms with Gasteiger partial charge in [-0.2, -0.15) is 0 Å². The van der Waals surface area contributed by atoms with Gasteiger partial charge < -0.3 is 14.6 Å². The van der Waals surface area contributed by atoms with Crippen LogP contribution >= 0.6 is 11.6 Å². The van der Waals surface area contributed by atoms with Crippen molar-refractivity contribution in [2.75, 3.05) is 20.3 Å². The number of nitro benzene ring substituents is 1. The van der Waals surface area contributed by atoms with Gasteiger partial charge in [-0.3, -0.25) is 10.1 Å². The highest BCUT2D eigenvalue weighted by atomic mass is 35.5. The van der Waals surface area contributed by atoms with E-state index in [2.05, 4.69) is 0 Å². The second-order valence-electron chi connectivity index (χ2n) is 3.95. The second-order valence-corrected chi connectivity index (χ2v) is 4.36. The van der Waals surface area contributed by atoms with Crippen LogP contribution in [0.4, 0.5) is 5.69 Å². The van der Waals surface area contributed by atoms with Crippen molar-refractivity contribution in [2.45, 2.75) is 6.42 Å². The largest absolute Gasteiger partial charge is 0.490 e. The molecule has 0 heterocycles. The number of ether oxygens (including phenoxy) is 2. The van der Waals surface area contributed by atoms with Gasteiger partial charge in [-0.1, -0.05) is 17.7 Å². The van der Waals surface area contributed by atoms with Crippen LogP contribution in [0.25, 0.3) is 0 Å². The molecule has 1 aromatic rings. The van der Waals surface area contributed by atoms with E-state index in [0.29, 0.717) is 12.2 Å². The Labute approximate surface area is 125 Å². The zero-order chi connectivity index (χ0) is 15.8. The third kappa shape index (κ3) is 5.41. The first-order valence-electron chi connectivity index (χ1n) is 5.93. The first-order chi connectivity index (χ1) is 9.95. The topological polar surface area (TPSA) is 98.9 Å². The van der Waals surface area contributed by atoms with Crippen LogP contribution in [-0.4, -0.2) is 36.3 Å². The summed E-state index contributed by atoms with van der Waals surface area (Å²) in [4.78, 5) is 20.8. The van der Waals surface area contributed by atoms with E-state index >= 15 is 0 Å². The number of halogens is 1. The number of allylic oxidation sites excluding steroid dienone is 1. The number of benzene rings is 1. The molecule has 0 amide bonds. The maximum atomic E-state index is 11.0. The van der Waals surface area contributed by atoms with E-state index in [1.54, 1.807) is 0 Å². The fraction of sp³-hybridized carbons (Fsp3) is 0.308. The van der Waals surface area contributed by atoms with Crippen LogP contribution in [0, 0.1) is 10.1 Å². The summed E-state index contributed by atoms with van der Waals surface area (Å²) in [5.41, 5.74) is 0.128. The summed E-state index contributed by atoms with van der Waals surface area (Å²) in [6, 6.07) is 2.62. The van der Waals surface area contributed by atoms with Gasteiger partial charge in [0.15, 0.2) is 0 Å². The Kier molecular flexibility index (Phi) is 6.64. The molecule has 0 unspecified atom stereocenters. The van der Waals surface area contributed by atoms with Crippen molar-refractivity contribution in [3.63, 3.8) is 0 Å². The van der Waals surface area contributed by atoms with E-state index in [0.717, 1.165) is 6.08 Å². The molecule has 0 aliphatic carbocycles. The van der Waals surface area contributed by atoms with E-state index < -0.39 is 10.9 Å². The van der Waals surface area contributed by atoms with E-state index in [4.69, 9.17) is 26.2 Å². The summed E-state index contributed by atoms with van der Waals surface area (Å²) >= 11 is 5.93. The molecule has 0 atom stereocenters. The van der Waals surface area contributed by atoms with Gasteiger partial charge in [0.2, 0.25) is 0 Å². The molecule has 0 fully saturated rings. The van der Waals surface area contributed by atoms with Crippen LogP contribution in [0.15, 0.2) is 24.3 Å². The van der Waals surface area contributed by atoms with Crippen LogP contribution in [0.3, 0.4) is 0 Å². The van der Waals surface area contributed by atoms with Crippen molar-refractivity contribution in [3.05, 3.63) is 45.0 Å². The summed E-state index contributed by atoms with van der Waals surface area (Å²) < 4.78 is 10.2. The predicted octanol–water partition coefficient (Wildman–Crippen LogP) is 2.46. The van der Waals surface area contributed by atoms with Crippen LogP contribution in [0.1, 0.15) is 5.56 Å². The average molecular weight is 316 g/mol. The number of nitrogens with zero attached hydrogens (tertiary/aromatic N) is 1. The maximum absolute atomic E-state index is 11.0. The number of nitro groups is 1. The molecule has 0 saturated carbocycles. The number of carbonyl (C=O) groups is 1. The van der Waals surface area contributed by atoms with Gasteiger partial charge in [-0.05, 0) is 12.5 Å². The minimum absolute atomic E-state index is 0.0837. The fourth-order valence-corrected chi connectivity index (χ4v) is 1.76. The molecular weight excluding hydrogens is 302 g/mol. The van der Waals surface area contributed by atoms with Crippen molar-refractivity contribution in [1.29, 1.82) is 0 Å². The highest BCUT2D eigenvalue weighted by molar-refractivity contribution is 6.32. The molecule has 0 radical (unpaired) electrons. The lowest BCUT2D eigenvalue weighted by Gasteiger charge is -2.09. The number of hydrogen-bond acceptors (Lipinski definition) is 5. The number of aliphatic carboxylic acids is 1. The standard InChI is InChI=1S/C13H14ClNO6/c1-20-5-6-21-12-7-9(3-2-4-13(16)17)11(15(18)19)8-10(12)14/h2,4,7-8H,3,5-6H2,1H3,(H,16,17)/b4-2+. The van der Waals surface area contributed by atoms with E-state index in [9.17, 15) is 14.9 Å². The van der Waals surface area contributed by atoms with Gasteiger partial charge in [-0.25, -0.2) is 4.79 Å². The molecule has 114 valence electrons. The molecule has 0 saturated heterocycles. The summed E-state index contributed by atoms with van der Waals surface area (Å²) in [6.07, 6.45) is 2.32. The molecule has 1 rings (SSSR count). The average Bonchev–Trinajstić information content (AvgIpc) is 2.41. The summed E-state index contributed by atoms with van der Waals surface area (Å²) in [6.45, 7) is 0.597. The lowest BCUT2D eigenvalue weighted by Crippen LogP contribution is -2.05. The second kappa shape index (κ2) is 8.23. The SMILES string of the molecule is COCCOc1cc(C/C=C/C(=O)O)c([N+](=O)[O-])cc1Cl. The van der Waals surface area contributed by atoms with Crippen molar-refractivity contribution < 1.29 is 24.3 Å². The number of carboxylic acids is 1. The van der Waals surface area contributed by atoms with Crippen molar-refractivity contribution >= 4 is 23.3 Å². The van der Waals surface area contributed by atoms with Gasteiger partial charge in [0.25, 0.3) is 5.69 Å². The number of carboxylic acid groups (broad SMARTS) is 1. The van der Waals surface area contributed by atoms with Gasteiger partial charge in [0.1, 0.15) is 12.4 Å². The molecule has 0 aliphatic rings. The van der Waals surface area contributed by atoms with Gasteiger partial charge in [0, 0.05) is 24.8 Å². The van der Waals surface area contributed by atoms with Crippen LogP contribution in [0.2, 0.25) is 5.02 Å². The Morgan fingerprint density at radius 1 is 1.48 bits per heavy atom. The zero-order valence-electron chi connectivity index (χ0n) is 11.2. The van der Waals surface area contributed by atoms with Crippen LogP contribution < -0.4 is 4.74 Å². The Morgan fingerprint density at radius 2 is 2.19 bits per heavy atom. The minimum atomic E-state index is -1.12. The fourth-order valence-electron chi connectivity index (χ4n) is 1.55. The summed E-state index contributed by atoms with van der Waals surface area (Å²) in [7, 11) is 1.52. The van der Waals surface area contributed by atoms with Crippen molar-refractivity contribution in [2.24, 2.45) is 0 Å². The predicted molar refractivity (Wildman–Crippen MR) is 76.0 cm³/mol. The van der Waals surface area contributed by atoms with Gasteiger partial charge in [0.05, 0.1) is 16.6 Å². The lowest BCUT2D eigenvalue weighted by atomic mass is 10.1. The normalized spacial score (nSPS) is 10.8. The molecule has 21 heavy (non-hydrogen) atoms. The number of hydrogen-bond donors (Lipinski definition) is 1. The van der Waals surface area contributed by atoms with E-state index in [1.165, 1.54) is 25.3 Å². The molecule has 8 heteroatoms. The van der Waals surface area contributed by atoms with Gasteiger partial charge >= 0.3 is 5.97 Å². The summed E-state index contributed by atoms with van der Waals surface area (Å²) in [5, 5.41) is 19.6. The Balaban J connectivity index is 3.02. The molecule has 0 bridgehead atoms. The van der Waals surface area contributed by atoms with Crippen molar-refractivity contribution in [1.82, 2.24) is 0 Å². The highest BCUT2D eigenvalue weighted by Crippen LogP contribution is 2.33. The maximum Gasteiger partial charge on any atom is 0.327 e. The van der Waals surface area contributed by atoms with E-state index in [1.807, 2.05) is 0 Å². The first-order valence-corrected chi connectivity index (χ1v) is 6.31. The van der Waals surface area contributed by atoms with Crippen molar-refractivity contribution in [3.8, 4) is 5.75 Å². The van der Waals surface area contributed by atoms with E-state index in [-0.39, 0.29) is 29.5 Å². The Bertz CT molecular complexity index is 558. The van der Waals surface area contributed by atoms with Crippen LogP contribution in [0.5, 0.6) is 5.75 Å². The Morgan fingerprint density at radius 3 is 2.76 bits per heavy atom. The number of rotatable bonds is 8. The smallest absolute Gasteiger partial charge is 0.327 e. The minimum Gasteiger partial charge on any atom is -0.490 e. The summed E-state index contributed by atoms with van der Waals surface area (Å²) in [5.74, 6) is -0.832. The first kappa shape index (κ1) is 16.9. The molecule has 7 nitrogen and oxygen atoms in total. The van der Waals surface area contributed by atoms with Crippen LogP contribution in [-0.2, 0) is 16.0 Å². The Hall–Kier alpha value is -2.12. The third-order valence-electron chi connectivity index (χ3n) is 2.47. The monoisotopic (exact) mass is 315 g/mol. The third-order valence-corrected chi connectivity index (χ3v) is 2.77. The lowest BCUT2D eigenvalue weighted by molar-refractivity contribution is -0.385. The highest BCUT2D eigenvalue weighted by Gasteiger charge is 2.17. The number of methoxy groups -OCH3 is 1. The quantitative estimate of drug-likeness (QED) is 0.342. The molecule has 1 aromatic carbocycles. The molecule has 0 spiro atoms. The molecule has 0 aromatic heterocycles. The van der Waals surface area contributed by atoms with Gasteiger partial charge in [-0.15, -0.1) is 0 Å². The molecule has 1 N–H and O–H groups in total. The molecular formula is C13H14ClNO6.